The van der Waals surface area contributed by atoms with Gasteiger partial charge in [0.1, 0.15) is 0 Å². The van der Waals surface area contributed by atoms with Crippen molar-refractivity contribution >= 4 is 11.8 Å². The number of carbonyl (C=O) groups is 2. The van der Waals surface area contributed by atoms with Crippen molar-refractivity contribution in [3.8, 4) is 0 Å². The van der Waals surface area contributed by atoms with E-state index in [4.69, 9.17) is 5.84 Å². The third-order valence-electron chi connectivity index (χ3n) is 2.96. The van der Waals surface area contributed by atoms with E-state index < -0.39 is 0 Å². The molecular formula is C11H24N4O2. The van der Waals surface area contributed by atoms with Gasteiger partial charge in [0.05, 0.1) is 0 Å². The fraction of sp³-hybridized carbons (Fsp3) is 0.818. The maximum atomic E-state index is 11.4. The lowest BCUT2D eigenvalue weighted by atomic mass is 10.1. The maximum Gasteiger partial charge on any atom is 0.233 e. The molecule has 0 saturated carbocycles. The Morgan fingerprint density at radius 3 is 2.41 bits per heavy atom. The van der Waals surface area contributed by atoms with Crippen LogP contribution >= 0.6 is 0 Å². The highest BCUT2D eigenvalue weighted by Gasteiger charge is 2.17. The first-order valence-electron chi connectivity index (χ1n) is 5.83. The van der Waals surface area contributed by atoms with Crippen LogP contribution < -0.4 is 16.6 Å². The predicted molar refractivity (Wildman–Crippen MR) is 66.9 cm³/mol. The average molecular weight is 244 g/mol. The highest BCUT2D eigenvalue weighted by atomic mass is 16.2. The number of nitrogens with two attached hydrogens (primary N) is 1. The van der Waals surface area contributed by atoms with Crippen molar-refractivity contribution in [2.75, 3.05) is 20.6 Å². The minimum Gasteiger partial charge on any atom is -0.359 e. The number of nitrogens with zero attached hydrogens (tertiary/aromatic N) is 1. The summed E-state index contributed by atoms with van der Waals surface area (Å²) in [4.78, 5) is 24.4. The van der Waals surface area contributed by atoms with Gasteiger partial charge >= 0.3 is 0 Å². The van der Waals surface area contributed by atoms with Gasteiger partial charge in [0.25, 0.3) is 0 Å². The van der Waals surface area contributed by atoms with Crippen LogP contribution in [0, 0.1) is 5.92 Å². The van der Waals surface area contributed by atoms with Crippen LogP contribution in [0.5, 0.6) is 0 Å². The third kappa shape index (κ3) is 6.23. The third-order valence-corrected chi connectivity index (χ3v) is 2.96. The molecule has 2 amide bonds. The Kier molecular flexibility index (Phi) is 7.49. The Morgan fingerprint density at radius 1 is 1.35 bits per heavy atom. The van der Waals surface area contributed by atoms with Gasteiger partial charge in [-0.25, -0.2) is 5.84 Å². The fourth-order valence-electron chi connectivity index (χ4n) is 1.57. The second-order valence-corrected chi connectivity index (χ2v) is 4.41. The quantitative estimate of drug-likeness (QED) is 0.319. The molecule has 0 aromatic carbocycles. The molecule has 0 heterocycles. The zero-order chi connectivity index (χ0) is 13.4. The Labute approximate surface area is 103 Å². The van der Waals surface area contributed by atoms with Gasteiger partial charge in [-0.1, -0.05) is 6.92 Å². The number of nitrogens with one attached hydrogen (secondary N) is 2. The molecule has 0 radical (unpaired) electrons. The van der Waals surface area contributed by atoms with E-state index in [1.165, 1.54) is 0 Å². The van der Waals surface area contributed by atoms with E-state index >= 15 is 0 Å². The molecule has 0 aliphatic rings. The first-order chi connectivity index (χ1) is 7.92. The molecule has 100 valence electrons. The van der Waals surface area contributed by atoms with Gasteiger partial charge in [0.15, 0.2) is 0 Å². The summed E-state index contributed by atoms with van der Waals surface area (Å²) in [5, 5.41) is 2.62. The molecule has 0 aromatic rings. The topological polar surface area (TPSA) is 87.5 Å². The summed E-state index contributed by atoms with van der Waals surface area (Å²) in [6.07, 6.45) is 1.12. The number of rotatable bonds is 7. The summed E-state index contributed by atoms with van der Waals surface area (Å²) < 4.78 is 0. The van der Waals surface area contributed by atoms with Crippen LogP contribution in [-0.2, 0) is 9.59 Å². The summed E-state index contributed by atoms with van der Waals surface area (Å²) in [7, 11) is 3.58. The van der Waals surface area contributed by atoms with E-state index in [0.717, 1.165) is 6.42 Å². The number of carbonyl (C=O) groups excluding carboxylic acids is 2. The SMILES string of the molecule is CNC(=O)C(C)CN(C)C(C)CCC(=O)NN. The molecule has 17 heavy (non-hydrogen) atoms. The number of hydrogen-bond acceptors (Lipinski definition) is 4. The first-order valence-corrected chi connectivity index (χ1v) is 5.83. The molecule has 0 fully saturated rings. The lowest BCUT2D eigenvalue weighted by Crippen LogP contribution is -2.39. The van der Waals surface area contributed by atoms with E-state index in [2.05, 4.69) is 15.6 Å². The van der Waals surface area contributed by atoms with Crippen LogP contribution in [0.15, 0.2) is 0 Å². The fourth-order valence-corrected chi connectivity index (χ4v) is 1.57. The lowest BCUT2D eigenvalue weighted by Gasteiger charge is -2.26. The van der Waals surface area contributed by atoms with Gasteiger partial charge in [0.2, 0.25) is 11.8 Å². The van der Waals surface area contributed by atoms with Gasteiger partial charge in [-0.05, 0) is 20.4 Å². The largest absolute Gasteiger partial charge is 0.359 e. The number of amides is 2. The van der Waals surface area contributed by atoms with Crippen LogP contribution in [0.25, 0.3) is 0 Å². The van der Waals surface area contributed by atoms with Crippen LogP contribution in [0.1, 0.15) is 26.7 Å². The molecule has 2 unspecified atom stereocenters. The van der Waals surface area contributed by atoms with E-state index in [0.29, 0.717) is 13.0 Å². The van der Waals surface area contributed by atoms with E-state index in [1.54, 1.807) is 7.05 Å². The molecule has 0 aromatic heterocycles. The van der Waals surface area contributed by atoms with Crippen LogP contribution in [0.2, 0.25) is 0 Å². The molecule has 2 atom stereocenters. The summed E-state index contributed by atoms with van der Waals surface area (Å²) in [5.74, 6) is 4.82. The minimum absolute atomic E-state index is 0.0313. The standard InChI is InChI=1S/C11H24N4O2/c1-8(11(17)13-3)7-15(4)9(2)5-6-10(16)14-12/h8-9H,5-7,12H2,1-4H3,(H,13,17)(H,14,16). The zero-order valence-corrected chi connectivity index (χ0v) is 11.1. The molecule has 0 spiro atoms. The first kappa shape index (κ1) is 15.9. The van der Waals surface area contributed by atoms with Crippen LogP contribution in [0.3, 0.4) is 0 Å². The second-order valence-electron chi connectivity index (χ2n) is 4.41. The van der Waals surface area contributed by atoms with Crippen molar-refractivity contribution in [3.05, 3.63) is 0 Å². The highest BCUT2D eigenvalue weighted by Crippen LogP contribution is 2.07. The van der Waals surface area contributed by atoms with Crippen molar-refractivity contribution in [3.63, 3.8) is 0 Å². The Balaban J connectivity index is 4.00. The zero-order valence-electron chi connectivity index (χ0n) is 11.1. The van der Waals surface area contributed by atoms with E-state index in [1.807, 2.05) is 20.9 Å². The predicted octanol–water partition coefficient (Wildman–Crippen LogP) is -0.541. The molecule has 0 aliphatic heterocycles. The lowest BCUT2D eigenvalue weighted by molar-refractivity contribution is -0.125. The van der Waals surface area contributed by atoms with E-state index in [9.17, 15) is 9.59 Å². The van der Waals surface area contributed by atoms with Crippen molar-refractivity contribution < 1.29 is 9.59 Å². The summed E-state index contributed by atoms with van der Waals surface area (Å²) in [6.45, 7) is 4.58. The maximum absolute atomic E-state index is 11.4. The molecule has 4 N–H and O–H groups in total. The summed E-state index contributed by atoms with van der Waals surface area (Å²) in [6, 6.07) is 0.236. The monoisotopic (exact) mass is 244 g/mol. The van der Waals surface area contributed by atoms with Crippen molar-refractivity contribution in [1.82, 2.24) is 15.6 Å². The number of hydrogen-bond donors (Lipinski definition) is 3. The second kappa shape index (κ2) is 8.03. The van der Waals surface area contributed by atoms with Crippen molar-refractivity contribution in [1.29, 1.82) is 0 Å². The Hall–Kier alpha value is -1.14. The molecule has 0 saturated heterocycles. The Bertz CT molecular complexity index is 258. The molecule has 0 bridgehead atoms. The van der Waals surface area contributed by atoms with Crippen LogP contribution in [-0.4, -0.2) is 43.4 Å². The molecule has 0 rings (SSSR count). The highest BCUT2D eigenvalue weighted by molar-refractivity contribution is 5.78. The van der Waals surface area contributed by atoms with E-state index in [-0.39, 0.29) is 23.8 Å². The molecule has 6 heteroatoms. The van der Waals surface area contributed by atoms with Crippen molar-refractivity contribution in [2.24, 2.45) is 11.8 Å². The Morgan fingerprint density at radius 2 is 1.94 bits per heavy atom. The minimum atomic E-state index is -0.162. The average Bonchev–Trinajstić information content (AvgIpc) is 2.33. The number of hydrazine groups is 1. The van der Waals surface area contributed by atoms with Crippen LogP contribution in [0.4, 0.5) is 0 Å². The summed E-state index contributed by atoms with van der Waals surface area (Å²) >= 11 is 0. The van der Waals surface area contributed by atoms with Gasteiger partial charge in [-0.15, -0.1) is 0 Å². The molecule has 6 nitrogen and oxygen atoms in total. The van der Waals surface area contributed by atoms with Gasteiger partial charge in [0, 0.05) is 32.0 Å². The molecular weight excluding hydrogens is 220 g/mol. The summed E-state index contributed by atoms with van der Waals surface area (Å²) in [5.41, 5.74) is 2.11. The smallest absolute Gasteiger partial charge is 0.233 e. The van der Waals surface area contributed by atoms with Crippen molar-refractivity contribution in [2.45, 2.75) is 32.7 Å². The normalized spacial score (nSPS) is 14.2. The molecule has 0 aliphatic carbocycles. The van der Waals surface area contributed by atoms with Gasteiger partial charge in [-0.3, -0.25) is 15.0 Å². The van der Waals surface area contributed by atoms with Gasteiger partial charge in [-0.2, -0.15) is 0 Å². The van der Waals surface area contributed by atoms with Gasteiger partial charge < -0.3 is 10.2 Å².